The smallest absolute Gasteiger partial charge is 0.352 e. The van der Waals surface area contributed by atoms with Crippen LogP contribution in [0.25, 0.3) is 0 Å². The SMILES string of the molecule is CN1c2cc(OCc3ccc(Oc4ccc(F)cc4)c(C#N)c3)nc(=O)n2CCC1(C)C. The Labute approximate surface area is 185 Å². The lowest BCUT2D eigenvalue weighted by atomic mass is 9.96. The molecule has 0 saturated carbocycles. The molecule has 0 bridgehead atoms. The van der Waals surface area contributed by atoms with Gasteiger partial charge in [-0.1, -0.05) is 6.07 Å². The number of hydrogen-bond acceptors (Lipinski definition) is 6. The van der Waals surface area contributed by atoms with Gasteiger partial charge in [0.25, 0.3) is 0 Å². The van der Waals surface area contributed by atoms with Crippen LogP contribution in [0.1, 0.15) is 31.4 Å². The number of fused-ring (bicyclic) bond motifs is 1. The predicted octanol–water partition coefficient (Wildman–Crippen LogP) is 4.24. The number of nitriles is 1. The fourth-order valence-electron chi connectivity index (χ4n) is 3.53. The van der Waals surface area contributed by atoms with E-state index >= 15 is 0 Å². The lowest BCUT2D eigenvalue weighted by Gasteiger charge is -2.42. The van der Waals surface area contributed by atoms with E-state index in [2.05, 4.69) is 29.8 Å². The Bertz CT molecular complexity index is 1250. The fraction of sp³-hybridized carbons (Fsp3) is 0.292. The number of nitrogens with zero attached hydrogens (tertiary/aromatic N) is 4. The summed E-state index contributed by atoms with van der Waals surface area (Å²) in [7, 11) is 1.95. The van der Waals surface area contributed by atoms with E-state index in [0.29, 0.717) is 23.6 Å². The monoisotopic (exact) mass is 434 g/mol. The van der Waals surface area contributed by atoms with E-state index in [1.165, 1.54) is 24.3 Å². The second-order valence-corrected chi connectivity index (χ2v) is 8.30. The third kappa shape index (κ3) is 4.28. The zero-order valence-electron chi connectivity index (χ0n) is 18.1. The highest BCUT2D eigenvalue weighted by Crippen LogP contribution is 2.31. The lowest BCUT2D eigenvalue weighted by Crippen LogP contribution is -2.49. The van der Waals surface area contributed by atoms with Gasteiger partial charge >= 0.3 is 5.69 Å². The first-order chi connectivity index (χ1) is 15.3. The van der Waals surface area contributed by atoms with Crippen LogP contribution in [0.5, 0.6) is 17.4 Å². The topological polar surface area (TPSA) is 80.4 Å². The summed E-state index contributed by atoms with van der Waals surface area (Å²) in [4.78, 5) is 18.6. The van der Waals surface area contributed by atoms with Crippen molar-refractivity contribution in [3.8, 4) is 23.4 Å². The second-order valence-electron chi connectivity index (χ2n) is 8.30. The number of ether oxygens (including phenoxy) is 2. The second kappa shape index (κ2) is 8.35. The van der Waals surface area contributed by atoms with Crippen LogP contribution in [-0.4, -0.2) is 22.1 Å². The van der Waals surface area contributed by atoms with Crippen molar-refractivity contribution in [2.45, 2.75) is 39.0 Å². The van der Waals surface area contributed by atoms with Crippen LogP contribution in [0.4, 0.5) is 10.2 Å². The van der Waals surface area contributed by atoms with Crippen LogP contribution in [0.3, 0.4) is 0 Å². The quantitative estimate of drug-likeness (QED) is 0.597. The molecule has 1 aliphatic heterocycles. The van der Waals surface area contributed by atoms with Crippen LogP contribution in [-0.2, 0) is 13.2 Å². The van der Waals surface area contributed by atoms with E-state index in [1.807, 2.05) is 7.05 Å². The molecule has 0 radical (unpaired) electrons. The van der Waals surface area contributed by atoms with E-state index in [1.54, 1.807) is 28.8 Å². The highest BCUT2D eigenvalue weighted by molar-refractivity contribution is 5.48. The molecule has 164 valence electrons. The van der Waals surface area contributed by atoms with Crippen molar-refractivity contribution in [2.24, 2.45) is 0 Å². The van der Waals surface area contributed by atoms with Crippen molar-refractivity contribution >= 4 is 5.82 Å². The third-order valence-electron chi connectivity index (χ3n) is 5.76. The molecular formula is C24H23FN4O3. The van der Waals surface area contributed by atoms with Gasteiger partial charge in [0.1, 0.15) is 35.8 Å². The summed E-state index contributed by atoms with van der Waals surface area (Å²) in [5.74, 6) is 1.41. The minimum Gasteiger partial charge on any atom is -0.473 e. The molecule has 1 aromatic heterocycles. The Morgan fingerprint density at radius 1 is 1.19 bits per heavy atom. The molecule has 0 aliphatic carbocycles. The Kier molecular flexibility index (Phi) is 5.57. The average Bonchev–Trinajstić information content (AvgIpc) is 2.77. The van der Waals surface area contributed by atoms with Gasteiger partial charge < -0.3 is 14.4 Å². The van der Waals surface area contributed by atoms with E-state index in [9.17, 15) is 14.4 Å². The maximum Gasteiger partial charge on any atom is 0.352 e. The van der Waals surface area contributed by atoms with Gasteiger partial charge in [0.2, 0.25) is 5.88 Å². The molecule has 0 fully saturated rings. The molecule has 0 saturated heterocycles. The Hall–Kier alpha value is -3.86. The molecule has 2 aromatic carbocycles. The largest absolute Gasteiger partial charge is 0.473 e. The number of hydrogen-bond donors (Lipinski definition) is 0. The van der Waals surface area contributed by atoms with Gasteiger partial charge in [0.15, 0.2) is 0 Å². The molecule has 4 rings (SSSR count). The van der Waals surface area contributed by atoms with Gasteiger partial charge in [0.05, 0.1) is 5.56 Å². The summed E-state index contributed by atoms with van der Waals surface area (Å²) in [6.45, 7) is 5.00. The van der Waals surface area contributed by atoms with Gasteiger partial charge in [-0.15, -0.1) is 0 Å². The van der Waals surface area contributed by atoms with Gasteiger partial charge in [-0.2, -0.15) is 10.2 Å². The van der Waals surface area contributed by atoms with Crippen molar-refractivity contribution in [3.63, 3.8) is 0 Å². The van der Waals surface area contributed by atoms with E-state index in [0.717, 1.165) is 17.8 Å². The van der Waals surface area contributed by atoms with Gasteiger partial charge in [0, 0.05) is 25.2 Å². The lowest BCUT2D eigenvalue weighted by molar-refractivity contribution is 0.287. The number of halogens is 1. The molecule has 0 unspecified atom stereocenters. The molecular weight excluding hydrogens is 411 g/mol. The normalized spacial score (nSPS) is 14.4. The maximum absolute atomic E-state index is 13.1. The first-order valence-corrected chi connectivity index (χ1v) is 10.2. The summed E-state index contributed by atoms with van der Waals surface area (Å²) >= 11 is 0. The fourth-order valence-corrected chi connectivity index (χ4v) is 3.53. The van der Waals surface area contributed by atoms with Crippen LogP contribution in [0, 0.1) is 17.1 Å². The summed E-state index contributed by atoms with van der Waals surface area (Å²) in [6.07, 6.45) is 0.849. The zero-order valence-corrected chi connectivity index (χ0v) is 18.1. The number of rotatable bonds is 5. The van der Waals surface area contributed by atoms with Crippen molar-refractivity contribution in [2.75, 3.05) is 11.9 Å². The van der Waals surface area contributed by atoms with Gasteiger partial charge in [-0.05, 0) is 62.2 Å². The number of benzene rings is 2. The van der Waals surface area contributed by atoms with Crippen molar-refractivity contribution < 1.29 is 13.9 Å². The van der Waals surface area contributed by atoms with Crippen LogP contribution in [0.15, 0.2) is 53.3 Å². The molecule has 3 aromatic rings. The molecule has 32 heavy (non-hydrogen) atoms. The summed E-state index contributed by atoms with van der Waals surface area (Å²) in [6, 6.07) is 14.5. The third-order valence-corrected chi connectivity index (χ3v) is 5.76. The van der Waals surface area contributed by atoms with Gasteiger partial charge in [-0.3, -0.25) is 4.57 Å². The first kappa shape index (κ1) is 21.4. The minimum absolute atomic E-state index is 0.0763. The van der Waals surface area contributed by atoms with Crippen molar-refractivity contribution in [1.82, 2.24) is 9.55 Å². The Balaban J connectivity index is 1.51. The minimum atomic E-state index is -0.365. The van der Waals surface area contributed by atoms with E-state index in [4.69, 9.17) is 9.47 Å². The molecule has 0 spiro atoms. The predicted molar refractivity (Wildman–Crippen MR) is 118 cm³/mol. The molecule has 0 atom stereocenters. The Morgan fingerprint density at radius 3 is 2.66 bits per heavy atom. The first-order valence-electron chi connectivity index (χ1n) is 10.2. The van der Waals surface area contributed by atoms with Crippen molar-refractivity contribution in [1.29, 1.82) is 5.26 Å². The number of anilines is 1. The Morgan fingerprint density at radius 2 is 1.94 bits per heavy atom. The maximum atomic E-state index is 13.1. The van der Waals surface area contributed by atoms with Gasteiger partial charge in [-0.25, -0.2) is 9.18 Å². The summed E-state index contributed by atoms with van der Waals surface area (Å²) in [5.41, 5.74) is 0.616. The summed E-state index contributed by atoms with van der Waals surface area (Å²) in [5, 5.41) is 9.50. The molecule has 0 amide bonds. The van der Waals surface area contributed by atoms with E-state index in [-0.39, 0.29) is 29.5 Å². The number of aromatic nitrogens is 2. The van der Waals surface area contributed by atoms with E-state index < -0.39 is 0 Å². The summed E-state index contributed by atoms with van der Waals surface area (Å²) < 4.78 is 26.2. The van der Waals surface area contributed by atoms with Crippen LogP contribution < -0.4 is 20.1 Å². The zero-order chi connectivity index (χ0) is 22.9. The van der Waals surface area contributed by atoms with Crippen LogP contribution in [0.2, 0.25) is 0 Å². The van der Waals surface area contributed by atoms with Crippen LogP contribution >= 0.6 is 0 Å². The molecule has 7 nitrogen and oxygen atoms in total. The molecule has 0 N–H and O–H groups in total. The highest BCUT2D eigenvalue weighted by atomic mass is 19.1. The molecule has 8 heteroatoms. The molecule has 2 heterocycles. The highest BCUT2D eigenvalue weighted by Gasteiger charge is 2.31. The molecule has 1 aliphatic rings. The average molecular weight is 434 g/mol. The standard InChI is InChI=1S/C24H23FN4O3/c1-24(2)10-11-29-22(28(24)3)13-21(27-23(29)30)31-15-16-4-9-20(17(12-16)14-26)32-19-7-5-18(25)6-8-19/h4-9,12-13H,10-11,15H2,1-3H3. The van der Waals surface area contributed by atoms with Crippen molar-refractivity contribution in [3.05, 3.63) is 76.0 Å².